The van der Waals surface area contributed by atoms with Crippen LogP contribution in [0.1, 0.15) is 23.5 Å². The fourth-order valence-corrected chi connectivity index (χ4v) is 2.62. The Morgan fingerprint density at radius 1 is 1.12 bits per heavy atom. The SMILES string of the molecule is NCC(CCc1ccsc1)c1ccccc1. The summed E-state index contributed by atoms with van der Waals surface area (Å²) in [5, 5.41) is 4.36. The van der Waals surface area contributed by atoms with Crippen molar-refractivity contribution < 1.29 is 0 Å². The number of thiophene rings is 1. The molecule has 2 aromatic rings. The second kappa shape index (κ2) is 5.83. The summed E-state index contributed by atoms with van der Waals surface area (Å²) in [5.41, 5.74) is 8.64. The highest BCUT2D eigenvalue weighted by atomic mass is 32.1. The molecule has 0 amide bonds. The van der Waals surface area contributed by atoms with Gasteiger partial charge in [-0.15, -0.1) is 0 Å². The Morgan fingerprint density at radius 3 is 2.56 bits per heavy atom. The smallest absolute Gasteiger partial charge is 0.000812 e. The van der Waals surface area contributed by atoms with Crippen molar-refractivity contribution in [1.29, 1.82) is 0 Å². The fraction of sp³-hybridized carbons (Fsp3) is 0.286. The van der Waals surface area contributed by atoms with Crippen LogP contribution in [0.25, 0.3) is 0 Å². The lowest BCUT2D eigenvalue weighted by Crippen LogP contribution is -2.13. The number of aryl methyl sites for hydroxylation is 1. The van der Waals surface area contributed by atoms with Gasteiger partial charge >= 0.3 is 0 Å². The second-order valence-corrected chi connectivity index (χ2v) is 4.79. The van der Waals surface area contributed by atoms with E-state index < -0.39 is 0 Å². The van der Waals surface area contributed by atoms with E-state index in [0.717, 1.165) is 19.4 Å². The van der Waals surface area contributed by atoms with E-state index in [2.05, 4.69) is 47.2 Å². The summed E-state index contributed by atoms with van der Waals surface area (Å²) in [4.78, 5) is 0. The lowest BCUT2D eigenvalue weighted by Gasteiger charge is -2.14. The molecular formula is C14H17NS. The van der Waals surface area contributed by atoms with E-state index in [1.54, 1.807) is 11.3 Å². The molecule has 1 unspecified atom stereocenters. The molecule has 2 heteroatoms. The third-order valence-electron chi connectivity index (χ3n) is 2.92. The van der Waals surface area contributed by atoms with Crippen LogP contribution >= 0.6 is 11.3 Å². The van der Waals surface area contributed by atoms with Crippen molar-refractivity contribution in [3.63, 3.8) is 0 Å². The van der Waals surface area contributed by atoms with Crippen molar-refractivity contribution in [3.8, 4) is 0 Å². The molecule has 0 aliphatic heterocycles. The molecule has 2 rings (SSSR count). The zero-order valence-electron chi connectivity index (χ0n) is 9.30. The molecular weight excluding hydrogens is 214 g/mol. The maximum Gasteiger partial charge on any atom is -0.000812 e. The number of hydrogen-bond acceptors (Lipinski definition) is 2. The average Bonchev–Trinajstić information content (AvgIpc) is 2.84. The van der Waals surface area contributed by atoms with Gasteiger partial charge < -0.3 is 5.73 Å². The number of nitrogens with two attached hydrogens (primary N) is 1. The molecule has 1 atom stereocenters. The van der Waals surface area contributed by atoms with Crippen LogP contribution in [-0.2, 0) is 6.42 Å². The molecule has 0 aliphatic carbocycles. The van der Waals surface area contributed by atoms with E-state index in [1.165, 1.54) is 11.1 Å². The first-order chi connectivity index (χ1) is 7.90. The summed E-state index contributed by atoms with van der Waals surface area (Å²) >= 11 is 1.76. The predicted octanol–water partition coefficient (Wildman–Crippen LogP) is 3.42. The van der Waals surface area contributed by atoms with Gasteiger partial charge in [0.05, 0.1) is 0 Å². The number of hydrogen-bond donors (Lipinski definition) is 1. The van der Waals surface area contributed by atoms with E-state index in [-0.39, 0.29) is 0 Å². The Bertz CT molecular complexity index is 394. The van der Waals surface area contributed by atoms with Crippen molar-refractivity contribution in [3.05, 3.63) is 58.3 Å². The highest BCUT2D eigenvalue weighted by Crippen LogP contribution is 2.21. The summed E-state index contributed by atoms with van der Waals surface area (Å²) in [6.45, 7) is 0.730. The first kappa shape index (κ1) is 11.4. The van der Waals surface area contributed by atoms with Crippen molar-refractivity contribution >= 4 is 11.3 Å². The minimum absolute atomic E-state index is 0.487. The van der Waals surface area contributed by atoms with Crippen molar-refractivity contribution in [2.75, 3.05) is 6.54 Å². The summed E-state index contributed by atoms with van der Waals surface area (Å²) in [7, 11) is 0. The van der Waals surface area contributed by atoms with Gasteiger partial charge in [-0.1, -0.05) is 30.3 Å². The van der Waals surface area contributed by atoms with Gasteiger partial charge in [0.15, 0.2) is 0 Å². The molecule has 1 nitrogen and oxygen atoms in total. The van der Waals surface area contributed by atoms with Crippen molar-refractivity contribution in [2.24, 2.45) is 5.73 Å². The summed E-state index contributed by atoms with van der Waals surface area (Å²) in [6, 6.07) is 12.8. The maximum absolute atomic E-state index is 5.85. The predicted molar refractivity (Wildman–Crippen MR) is 70.9 cm³/mol. The third-order valence-corrected chi connectivity index (χ3v) is 3.65. The molecule has 0 fully saturated rings. The molecule has 0 bridgehead atoms. The Kier molecular flexibility index (Phi) is 4.14. The van der Waals surface area contributed by atoms with Crippen LogP contribution in [0.15, 0.2) is 47.2 Å². The second-order valence-electron chi connectivity index (χ2n) is 4.01. The van der Waals surface area contributed by atoms with Gasteiger partial charge in [0.25, 0.3) is 0 Å². The maximum atomic E-state index is 5.85. The summed E-state index contributed by atoms with van der Waals surface area (Å²) in [5.74, 6) is 0.487. The molecule has 0 spiro atoms. The average molecular weight is 231 g/mol. The molecule has 84 valence electrons. The summed E-state index contributed by atoms with van der Waals surface area (Å²) in [6.07, 6.45) is 2.26. The molecule has 16 heavy (non-hydrogen) atoms. The summed E-state index contributed by atoms with van der Waals surface area (Å²) < 4.78 is 0. The standard InChI is InChI=1S/C14H17NS/c15-10-14(13-4-2-1-3-5-13)7-6-12-8-9-16-11-12/h1-5,8-9,11,14H,6-7,10,15H2. The van der Waals surface area contributed by atoms with Crippen molar-refractivity contribution in [1.82, 2.24) is 0 Å². The molecule has 0 aliphatic rings. The van der Waals surface area contributed by atoms with Crippen LogP contribution in [0.3, 0.4) is 0 Å². The normalized spacial score (nSPS) is 12.6. The van der Waals surface area contributed by atoms with E-state index >= 15 is 0 Å². The monoisotopic (exact) mass is 231 g/mol. The van der Waals surface area contributed by atoms with Crippen molar-refractivity contribution in [2.45, 2.75) is 18.8 Å². The number of rotatable bonds is 5. The molecule has 0 radical (unpaired) electrons. The minimum atomic E-state index is 0.487. The lowest BCUT2D eigenvalue weighted by molar-refractivity contribution is 0.634. The number of benzene rings is 1. The molecule has 1 aromatic heterocycles. The van der Waals surface area contributed by atoms with Crippen LogP contribution in [0, 0.1) is 0 Å². The zero-order valence-corrected chi connectivity index (χ0v) is 10.1. The first-order valence-corrected chi connectivity index (χ1v) is 6.60. The quantitative estimate of drug-likeness (QED) is 0.838. The first-order valence-electron chi connectivity index (χ1n) is 5.66. The van der Waals surface area contributed by atoms with E-state index in [4.69, 9.17) is 5.73 Å². The van der Waals surface area contributed by atoms with Gasteiger partial charge in [-0.05, 0) is 53.3 Å². The Labute approximate surface area is 101 Å². The van der Waals surface area contributed by atoms with Gasteiger partial charge in [0.1, 0.15) is 0 Å². The van der Waals surface area contributed by atoms with Crippen LogP contribution in [0.2, 0.25) is 0 Å². The Morgan fingerprint density at radius 2 is 1.94 bits per heavy atom. The van der Waals surface area contributed by atoms with Gasteiger partial charge in [-0.25, -0.2) is 0 Å². The Hall–Kier alpha value is -1.12. The Balaban J connectivity index is 1.96. The van der Waals surface area contributed by atoms with E-state index in [1.807, 2.05) is 0 Å². The van der Waals surface area contributed by atoms with E-state index in [9.17, 15) is 0 Å². The minimum Gasteiger partial charge on any atom is -0.330 e. The van der Waals surface area contributed by atoms with Gasteiger partial charge in [0.2, 0.25) is 0 Å². The highest BCUT2D eigenvalue weighted by Gasteiger charge is 2.09. The van der Waals surface area contributed by atoms with E-state index in [0.29, 0.717) is 5.92 Å². The third kappa shape index (κ3) is 2.94. The van der Waals surface area contributed by atoms with Gasteiger partial charge in [0, 0.05) is 0 Å². The largest absolute Gasteiger partial charge is 0.330 e. The highest BCUT2D eigenvalue weighted by molar-refractivity contribution is 7.07. The fourth-order valence-electron chi connectivity index (χ4n) is 1.92. The van der Waals surface area contributed by atoms with Gasteiger partial charge in [-0.2, -0.15) is 11.3 Å². The lowest BCUT2D eigenvalue weighted by atomic mass is 9.93. The molecule has 2 N–H and O–H groups in total. The van der Waals surface area contributed by atoms with Crippen LogP contribution in [-0.4, -0.2) is 6.54 Å². The van der Waals surface area contributed by atoms with Gasteiger partial charge in [-0.3, -0.25) is 0 Å². The molecule has 0 saturated carbocycles. The topological polar surface area (TPSA) is 26.0 Å². The molecule has 1 heterocycles. The van der Waals surface area contributed by atoms with Crippen LogP contribution in [0.4, 0.5) is 0 Å². The molecule has 0 saturated heterocycles. The zero-order chi connectivity index (χ0) is 11.2. The van der Waals surface area contributed by atoms with Crippen LogP contribution < -0.4 is 5.73 Å². The van der Waals surface area contributed by atoms with Crippen LogP contribution in [0.5, 0.6) is 0 Å². The molecule has 1 aromatic carbocycles.